The summed E-state index contributed by atoms with van der Waals surface area (Å²) in [6.07, 6.45) is 2.13. The first-order chi connectivity index (χ1) is 15.5. The molecule has 0 saturated carbocycles. The maximum Gasteiger partial charge on any atom is 0.410 e. The number of esters is 1. The fourth-order valence-electron chi connectivity index (χ4n) is 3.65. The van der Waals surface area contributed by atoms with E-state index in [0.717, 1.165) is 32.9 Å². The van der Waals surface area contributed by atoms with Crippen LogP contribution in [0.2, 0.25) is 0 Å². The lowest BCUT2D eigenvalue weighted by Crippen LogP contribution is -2.37. The first kappa shape index (κ1) is 21.8. The molecule has 1 aliphatic heterocycles. The molecule has 0 spiro atoms. The Morgan fingerprint density at radius 1 is 1.06 bits per heavy atom. The number of benzene rings is 2. The van der Waals surface area contributed by atoms with Gasteiger partial charge in [-0.25, -0.2) is 9.59 Å². The quantitative estimate of drug-likeness (QED) is 0.457. The zero-order valence-electron chi connectivity index (χ0n) is 17.5. The molecule has 0 fully saturated rings. The van der Waals surface area contributed by atoms with Gasteiger partial charge in [0.15, 0.2) is 5.13 Å². The molecule has 164 valence electrons. The number of thiophene rings is 1. The van der Waals surface area contributed by atoms with Crippen LogP contribution < -0.4 is 0 Å². The number of methoxy groups -OCH3 is 1. The highest BCUT2D eigenvalue weighted by atomic mass is 32.1. The predicted molar refractivity (Wildman–Crippen MR) is 121 cm³/mol. The molecule has 1 amide bonds. The third-order valence-electron chi connectivity index (χ3n) is 5.32. The van der Waals surface area contributed by atoms with Gasteiger partial charge in [0.1, 0.15) is 6.61 Å². The molecular formula is C25H22FNO4S. The minimum Gasteiger partial charge on any atom is -0.465 e. The highest BCUT2D eigenvalue weighted by Gasteiger charge is 2.30. The van der Waals surface area contributed by atoms with Crippen LogP contribution in [0.1, 0.15) is 38.8 Å². The summed E-state index contributed by atoms with van der Waals surface area (Å²) in [5.74, 6) is -0.426. The Balaban J connectivity index is 1.60. The minimum absolute atomic E-state index is 0.177. The minimum atomic E-state index is -0.427. The van der Waals surface area contributed by atoms with E-state index in [2.05, 4.69) is 0 Å². The van der Waals surface area contributed by atoms with E-state index in [9.17, 15) is 14.0 Å². The van der Waals surface area contributed by atoms with Crippen LogP contribution in [0.3, 0.4) is 0 Å². The van der Waals surface area contributed by atoms with Gasteiger partial charge in [-0.1, -0.05) is 48.5 Å². The number of carbonyl (C=O) groups is 2. The largest absolute Gasteiger partial charge is 0.465 e. The van der Waals surface area contributed by atoms with E-state index < -0.39 is 18.1 Å². The van der Waals surface area contributed by atoms with E-state index in [-0.39, 0.29) is 11.7 Å². The summed E-state index contributed by atoms with van der Waals surface area (Å²) < 4.78 is 23.9. The van der Waals surface area contributed by atoms with Crippen LogP contribution >= 0.6 is 11.3 Å². The maximum atomic E-state index is 13.6. The number of halogens is 1. The molecule has 1 atom stereocenters. The van der Waals surface area contributed by atoms with Crippen LogP contribution in [0.4, 0.5) is 9.18 Å². The molecule has 32 heavy (non-hydrogen) atoms. The van der Waals surface area contributed by atoms with Crippen LogP contribution in [0.15, 0.2) is 72.8 Å². The molecule has 5 nitrogen and oxygen atoms in total. The van der Waals surface area contributed by atoms with E-state index in [1.807, 2.05) is 36.4 Å². The highest BCUT2D eigenvalue weighted by Crippen LogP contribution is 2.36. The predicted octanol–water partition coefficient (Wildman–Crippen LogP) is 5.84. The van der Waals surface area contributed by atoms with Crippen molar-refractivity contribution in [3.8, 4) is 0 Å². The number of ether oxygens (including phenoxy) is 2. The van der Waals surface area contributed by atoms with Crippen molar-refractivity contribution >= 4 is 29.0 Å². The molecule has 0 bridgehead atoms. The second-order valence-corrected chi connectivity index (χ2v) is 8.37. The monoisotopic (exact) mass is 451 g/mol. The van der Waals surface area contributed by atoms with Gasteiger partial charge < -0.3 is 9.47 Å². The molecule has 1 aliphatic rings. The summed E-state index contributed by atoms with van der Waals surface area (Å²) in [5, 5.41) is -0.246. The summed E-state index contributed by atoms with van der Waals surface area (Å²) in [6, 6.07) is 19.2. The Bertz CT molecular complexity index is 1120. The fraction of sp³-hybridized carbons (Fsp3) is 0.200. The Kier molecular flexibility index (Phi) is 6.66. The van der Waals surface area contributed by atoms with Crippen LogP contribution in [0.5, 0.6) is 0 Å². The lowest BCUT2D eigenvalue weighted by Gasteiger charge is -2.34. The van der Waals surface area contributed by atoms with Gasteiger partial charge in [0, 0.05) is 11.4 Å². The molecule has 0 saturated heterocycles. The topological polar surface area (TPSA) is 55.8 Å². The van der Waals surface area contributed by atoms with Gasteiger partial charge in [0.25, 0.3) is 0 Å². The fourth-order valence-corrected chi connectivity index (χ4v) is 4.44. The van der Waals surface area contributed by atoms with Crippen LogP contribution in [-0.4, -0.2) is 30.6 Å². The number of rotatable bonds is 5. The molecule has 0 aliphatic carbocycles. The summed E-state index contributed by atoms with van der Waals surface area (Å²) in [4.78, 5) is 27.2. The van der Waals surface area contributed by atoms with Gasteiger partial charge in [0.2, 0.25) is 0 Å². The van der Waals surface area contributed by atoms with Gasteiger partial charge in [0.05, 0.1) is 18.7 Å². The van der Waals surface area contributed by atoms with E-state index in [1.165, 1.54) is 13.2 Å². The average molecular weight is 452 g/mol. The molecule has 7 heteroatoms. The molecular weight excluding hydrogens is 429 g/mol. The van der Waals surface area contributed by atoms with Gasteiger partial charge in [-0.15, -0.1) is 11.3 Å². The average Bonchev–Trinajstić information content (AvgIpc) is 3.28. The molecule has 4 rings (SSSR count). The summed E-state index contributed by atoms with van der Waals surface area (Å²) in [6.45, 7) is 0.610. The molecule has 0 N–H and O–H groups in total. The number of nitrogens with zero attached hydrogens (tertiary/aromatic N) is 1. The number of carbonyl (C=O) groups excluding carboxylic acids is 2. The smallest absolute Gasteiger partial charge is 0.410 e. The Morgan fingerprint density at radius 3 is 2.47 bits per heavy atom. The van der Waals surface area contributed by atoms with Gasteiger partial charge in [-0.05, 0) is 47.4 Å². The Morgan fingerprint density at radius 2 is 1.81 bits per heavy atom. The van der Waals surface area contributed by atoms with Crippen molar-refractivity contribution < 1.29 is 23.5 Å². The molecule has 1 aromatic heterocycles. The lowest BCUT2D eigenvalue weighted by atomic mass is 9.95. The van der Waals surface area contributed by atoms with Crippen molar-refractivity contribution in [2.45, 2.75) is 19.1 Å². The van der Waals surface area contributed by atoms with E-state index in [0.29, 0.717) is 18.5 Å². The molecule has 2 heterocycles. The third kappa shape index (κ3) is 4.89. The maximum absolute atomic E-state index is 13.6. The standard InChI is InChI=1S/C25H22FNO4S/c1-30-24(28)19-9-7-18(8-10-19)21-15-20(22-11-12-23(26)32-22)13-14-27(21)25(29)31-16-17-5-3-2-4-6-17/h2-12,15,21H,13-14,16H2,1H3/t21-/m0/s1. The summed E-state index contributed by atoms with van der Waals surface area (Å²) >= 11 is 1.09. The molecule has 0 radical (unpaired) electrons. The van der Waals surface area contributed by atoms with E-state index >= 15 is 0 Å². The van der Waals surface area contributed by atoms with Crippen molar-refractivity contribution in [2.75, 3.05) is 13.7 Å². The van der Waals surface area contributed by atoms with Crippen LogP contribution in [0.25, 0.3) is 5.57 Å². The summed E-state index contributed by atoms with van der Waals surface area (Å²) in [7, 11) is 1.33. The van der Waals surface area contributed by atoms with Crippen molar-refractivity contribution in [3.63, 3.8) is 0 Å². The van der Waals surface area contributed by atoms with Gasteiger partial charge in [-0.3, -0.25) is 4.90 Å². The second-order valence-electron chi connectivity index (χ2n) is 7.34. The first-order valence-corrected chi connectivity index (χ1v) is 11.0. The SMILES string of the molecule is COC(=O)c1ccc([C@@H]2C=C(c3ccc(F)s3)CCN2C(=O)OCc2ccccc2)cc1. The molecule has 0 unspecified atom stereocenters. The highest BCUT2D eigenvalue weighted by molar-refractivity contribution is 7.11. The zero-order valence-corrected chi connectivity index (χ0v) is 18.3. The van der Waals surface area contributed by atoms with Crippen molar-refractivity contribution in [3.05, 3.63) is 99.5 Å². The molecule has 2 aromatic carbocycles. The van der Waals surface area contributed by atoms with Crippen molar-refractivity contribution in [1.82, 2.24) is 4.90 Å². The van der Waals surface area contributed by atoms with E-state index in [1.54, 1.807) is 35.2 Å². The lowest BCUT2D eigenvalue weighted by molar-refractivity contribution is 0.0600. The zero-order chi connectivity index (χ0) is 22.5. The van der Waals surface area contributed by atoms with Crippen molar-refractivity contribution in [2.24, 2.45) is 0 Å². The second kappa shape index (κ2) is 9.78. The molecule has 3 aromatic rings. The Hall–Kier alpha value is -3.45. The third-order valence-corrected chi connectivity index (χ3v) is 6.27. The number of hydrogen-bond donors (Lipinski definition) is 0. The van der Waals surface area contributed by atoms with Crippen molar-refractivity contribution in [1.29, 1.82) is 0 Å². The van der Waals surface area contributed by atoms with Crippen LogP contribution in [0, 0.1) is 5.13 Å². The van der Waals surface area contributed by atoms with Crippen LogP contribution in [-0.2, 0) is 16.1 Å². The Labute approximate surface area is 189 Å². The first-order valence-electron chi connectivity index (χ1n) is 10.2. The summed E-state index contributed by atoms with van der Waals surface area (Å²) in [5.41, 5.74) is 3.13. The number of hydrogen-bond acceptors (Lipinski definition) is 5. The van der Waals surface area contributed by atoms with E-state index in [4.69, 9.17) is 9.47 Å². The van der Waals surface area contributed by atoms with Gasteiger partial charge in [-0.2, -0.15) is 4.39 Å². The normalized spacial score (nSPS) is 15.8. The number of amides is 1. The van der Waals surface area contributed by atoms with Gasteiger partial charge >= 0.3 is 12.1 Å².